The molecule has 0 aliphatic heterocycles. The quantitative estimate of drug-likeness (QED) is 0.766. The minimum Gasteiger partial charge on any atom is -0.288 e. The predicted octanol–water partition coefficient (Wildman–Crippen LogP) is 2.92. The molecule has 1 aromatic carbocycles. The predicted molar refractivity (Wildman–Crippen MR) is 67.6 cm³/mol. The van der Waals surface area contributed by atoms with Crippen LogP contribution in [0.15, 0.2) is 24.4 Å². The summed E-state index contributed by atoms with van der Waals surface area (Å²) in [6.45, 7) is 3.73. The first kappa shape index (κ1) is 11.9. The molecular weight excluding hydrogens is 236 g/mol. The van der Waals surface area contributed by atoms with Gasteiger partial charge in [0.2, 0.25) is 0 Å². The van der Waals surface area contributed by atoms with Crippen LogP contribution < -0.4 is 0 Å². The van der Waals surface area contributed by atoms with Crippen LogP contribution in [0.3, 0.4) is 0 Å². The highest BCUT2D eigenvalue weighted by Gasteiger charge is 2.15. The third-order valence-electron chi connectivity index (χ3n) is 2.69. The second-order valence-electron chi connectivity index (χ2n) is 4.09. The zero-order valence-corrected chi connectivity index (χ0v) is 10.7. The summed E-state index contributed by atoms with van der Waals surface area (Å²) in [5.74, 6) is -0.0440. The van der Waals surface area contributed by atoms with Crippen LogP contribution in [0.2, 0.25) is 5.02 Å². The third-order valence-corrected chi connectivity index (χ3v) is 3.10. The maximum Gasteiger partial charge on any atom is 0.196 e. The van der Waals surface area contributed by atoms with E-state index in [2.05, 4.69) is 5.10 Å². The van der Waals surface area contributed by atoms with Crippen LogP contribution in [0.5, 0.6) is 0 Å². The van der Waals surface area contributed by atoms with Crippen LogP contribution in [-0.2, 0) is 7.05 Å². The first-order valence-corrected chi connectivity index (χ1v) is 5.68. The molecule has 0 aliphatic carbocycles. The lowest BCUT2D eigenvalue weighted by molar-refractivity contribution is 0.103. The summed E-state index contributed by atoms with van der Waals surface area (Å²) in [6, 6.07) is 5.34. The number of benzene rings is 1. The Bertz CT molecular complexity index is 587. The molecule has 1 heterocycles. The zero-order valence-electron chi connectivity index (χ0n) is 9.99. The van der Waals surface area contributed by atoms with E-state index in [0.717, 1.165) is 11.3 Å². The maximum atomic E-state index is 12.2. The van der Waals surface area contributed by atoms with E-state index in [-0.39, 0.29) is 5.78 Å². The number of aromatic nitrogens is 2. The van der Waals surface area contributed by atoms with E-state index >= 15 is 0 Å². The summed E-state index contributed by atoms with van der Waals surface area (Å²) >= 11 is 6.02. The SMILES string of the molecule is Cc1ccc(C(=O)c2cn(C)nc2C)cc1Cl. The smallest absolute Gasteiger partial charge is 0.196 e. The minimum absolute atomic E-state index is 0.0440. The summed E-state index contributed by atoms with van der Waals surface area (Å²) in [5, 5.41) is 4.77. The molecule has 0 aliphatic rings. The van der Waals surface area contributed by atoms with Gasteiger partial charge >= 0.3 is 0 Å². The Hall–Kier alpha value is -1.61. The van der Waals surface area contributed by atoms with Gasteiger partial charge in [-0.3, -0.25) is 9.48 Å². The molecule has 0 saturated carbocycles. The average molecular weight is 249 g/mol. The van der Waals surface area contributed by atoms with Gasteiger partial charge in [0, 0.05) is 23.8 Å². The van der Waals surface area contributed by atoms with Gasteiger partial charge in [-0.15, -0.1) is 0 Å². The van der Waals surface area contributed by atoms with Crippen LogP contribution in [0.1, 0.15) is 27.2 Å². The molecule has 17 heavy (non-hydrogen) atoms. The lowest BCUT2D eigenvalue weighted by atomic mass is 10.0. The van der Waals surface area contributed by atoms with Crippen molar-refractivity contribution in [3.8, 4) is 0 Å². The van der Waals surface area contributed by atoms with Gasteiger partial charge in [-0.05, 0) is 25.5 Å². The van der Waals surface area contributed by atoms with E-state index < -0.39 is 0 Å². The molecule has 0 radical (unpaired) electrons. The van der Waals surface area contributed by atoms with Gasteiger partial charge < -0.3 is 0 Å². The van der Waals surface area contributed by atoms with Crippen molar-refractivity contribution in [1.82, 2.24) is 9.78 Å². The van der Waals surface area contributed by atoms with Crippen molar-refractivity contribution in [3.05, 3.63) is 51.8 Å². The van der Waals surface area contributed by atoms with Gasteiger partial charge in [-0.1, -0.05) is 23.7 Å². The second kappa shape index (κ2) is 4.34. The summed E-state index contributed by atoms with van der Waals surface area (Å²) in [5.41, 5.74) is 2.91. The second-order valence-corrected chi connectivity index (χ2v) is 4.50. The van der Waals surface area contributed by atoms with Crippen molar-refractivity contribution in [2.24, 2.45) is 7.05 Å². The molecule has 4 heteroatoms. The molecule has 1 aromatic heterocycles. The van der Waals surface area contributed by atoms with E-state index in [1.165, 1.54) is 0 Å². The van der Waals surface area contributed by atoms with Gasteiger partial charge in [0.1, 0.15) is 0 Å². The number of nitrogens with zero attached hydrogens (tertiary/aromatic N) is 2. The van der Waals surface area contributed by atoms with Crippen molar-refractivity contribution in [3.63, 3.8) is 0 Å². The van der Waals surface area contributed by atoms with Crippen molar-refractivity contribution in [1.29, 1.82) is 0 Å². The molecule has 0 N–H and O–H groups in total. The van der Waals surface area contributed by atoms with E-state index in [4.69, 9.17) is 11.6 Å². The normalized spacial score (nSPS) is 10.6. The van der Waals surface area contributed by atoms with Crippen LogP contribution in [0, 0.1) is 13.8 Å². The highest BCUT2D eigenvalue weighted by molar-refractivity contribution is 6.31. The Kier molecular flexibility index (Phi) is 3.03. The molecule has 0 saturated heterocycles. The van der Waals surface area contributed by atoms with Gasteiger partial charge in [0.05, 0.1) is 11.3 Å². The molecular formula is C13H13ClN2O. The van der Waals surface area contributed by atoms with Crippen LogP contribution in [0.25, 0.3) is 0 Å². The Labute approximate surface area is 105 Å². The fourth-order valence-electron chi connectivity index (χ4n) is 1.71. The van der Waals surface area contributed by atoms with E-state index in [9.17, 15) is 4.79 Å². The van der Waals surface area contributed by atoms with Crippen molar-refractivity contribution in [2.75, 3.05) is 0 Å². The van der Waals surface area contributed by atoms with Crippen LogP contribution in [0.4, 0.5) is 0 Å². The number of carbonyl (C=O) groups excluding carboxylic acids is 1. The number of rotatable bonds is 2. The Morgan fingerprint density at radius 3 is 2.59 bits per heavy atom. The molecule has 88 valence electrons. The number of halogens is 1. The van der Waals surface area contributed by atoms with Crippen LogP contribution in [-0.4, -0.2) is 15.6 Å². The average Bonchev–Trinajstić information content (AvgIpc) is 2.61. The Morgan fingerprint density at radius 1 is 1.35 bits per heavy atom. The standard InChI is InChI=1S/C13H13ClN2O/c1-8-4-5-10(6-12(8)14)13(17)11-7-16(3)15-9(11)2/h4-7H,1-3H3. The highest BCUT2D eigenvalue weighted by Crippen LogP contribution is 2.19. The molecule has 0 spiro atoms. The molecule has 2 aromatic rings. The van der Waals surface area contributed by atoms with Gasteiger partial charge in [-0.25, -0.2) is 0 Å². The first-order chi connectivity index (χ1) is 7.99. The number of aryl methyl sites for hydroxylation is 3. The number of hydrogen-bond donors (Lipinski definition) is 0. The summed E-state index contributed by atoms with van der Waals surface area (Å²) in [6.07, 6.45) is 1.73. The Morgan fingerprint density at radius 2 is 2.06 bits per heavy atom. The van der Waals surface area contributed by atoms with Gasteiger partial charge in [0.25, 0.3) is 0 Å². The molecule has 0 fully saturated rings. The van der Waals surface area contributed by atoms with Crippen LogP contribution >= 0.6 is 11.6 Å². The summed E-state index contributed by atoms with van der Waals surface area (Å²) in [7, 11) is 1.80. The number of carbonyl (C=O) groups is 1. The lowest BCUT2D eigenvalue weighted by Gasteiger charge is -2.02. The Balaban J connectivity index is 2.44. The molecule has 3 nitrogen and oxygen atoms in total. The monoisotopic (exact) mass is 248 g/mol. The summed E-state index contributed by atoms with van der Waals surface area (Å²) < 4.78 is 1.64. The maximum absolute atomic E-state index is 12.2. The summed E-state index contributed by atoms with van der Waals surface area (Å²) in [4.78, 5) is 12.2. The van der Waals surface area contributed by atoms with Gasteiger partial charge in [0.15, 0.2) is 5.78 Å². The number of ketones is 1. The van der Waals surface area contributed by atoms with Gasteiger partial charge in [-0.2, -0.15) is 5.10 Å². The van der Waals surface area contributed by atoms with E-state index in [1.807, 2.05) is 19.9 Å². The van der Waals surface area contributed by atoms with E-state index in [1.54, 1.807) is 30.1 Å². The van der Waals surface area contributed by atoms with Crippen molar-refractivity contribution in [2.45, 2.75) is 13.8 Å². The molecule has 0 bridgehead atoms. The fourth-order valence-corrected chi connectivity index (χ4v) is 1.89. The third kappa shape index (κ3) is 2.24. The molecule has 0 atom stereocenters. The molecule has 0 amide bonds. The van der Waals surface area contributed by atoms with Crippen molar-refractivity contribution < 1.29 is 4.79 Å². The fraction of sp³-hybridized carbons (Fsp3) is 0.231. The highest BCUT2D eigenvalue weighted by atomic mass is 35.5. The number of hydrogen-bond acceptors (Lipinski definition) is 2. The zero-order chi connectivity index (χ0) is 12.6. The first-order valence-electron chi connectivity index (χ1n) is 5.30. The largest absolute Gasteiger partial charge is 0.288 e. The van der Waals surface area contributed by atoms with Crippen molar-refractivity contribution >= 4 is 17.4 Å². The molecule has 0 unspecified atom stereocenters. The lowest BCUT2D eigenvalue weighted by Crippen LogP contribution is -2.02. The molecule has 2 rings (SSSR count). The minimum atomic E-state index is -0.0440. The van der Waals surface area contributed by atoms with E-state index in [0.29, 0.717) is 16.1 Å². The topological polar surface area (TPSA) is 34.9 Å².